The predicted molar refractivity (Wildman–Crippen MR) is 91.4 cm³/mol. The second-order valence-corrected chi connectivity index (χ2v) is 5.39. The van der Waals surface area contributed by atoms with Crippen LogP contribution in [0, 0.1) is 0 Å². The fourth-order valence-corrected chi connectivity index (χ4v) is 2.08. The maximum atomic E-state index is 11.9. The van der Waals surface area contributed by atoms with Gasteiger partial charge >= 0.3 is 0 Å². The van der Waals surface area contributed by atoms with Gasteiger partial charge < -0.3 is 14.8 Å². The van der Waals surface area contributed by atoms with E-state index in [4.69, 9.17) is 9.47 Å². The molecular weight excluding hydrogens is 346 g/mol. The van der Waals surface area contributed by atoms with Crippen molar-refractivity contribution in [1.29, 1.82) is 0 Å². The van der Waals surface area contributed by atoms with Crippen molar-refractivity contribution in [2.45, 2.75) is 0 Å². The van der Waals surface area contributed by atoms with Gasteiger partial charge in [-0.2, -0.15) is 0 Å². The topological polar surface area (TPSA) is 47.6 Å². The Morgan fingerprint density at radius 2 is 1.64 bits per heavy atom. The summed E-state index contributed by atoms with van der Waals surface area (Å²) in [5.41, 5.74) is 1.56. The van der Waals surface area contributed by atoms with E-state index in [1.54, 1.807) is 26.4 Å². The molecule has 0 aromatic heterocycles. The first-order chi connectivity index (χ1) is 10.6. The van der Waals surface area contributed by atoms with Gasteiger partial charge in [0, 0.05) is 22.3 Å². The van der Waals surface area contributed by atoms with Gasteiger partial charge in [0.2, 0.25) is 5.91 Å². The average Bonchev–Trinajstić information content (AvgIpc) is 2.54. The van der Waals surface area contributed by atoms with Crippen molar-refractivity contribution in [2.75, 3.05) is 19.5 Å². The van der Waals surface area contributed by atoms with E-state index < -0.39 is 0 Å². The number of amides is 1. The molecule has 1 N–H and O–H groups in total. The van der Waals surface area contributed by atoms with Crippen molar-refractivity contribution in [3.8, 4) is 11.5 Å². The summed E-state index contributed by atoms with van der Waals surface area (Å²) < 4.78 is 11.3. The third-order valence-corrected chi connectivity index (χ3v) is 3.44. The highest BCUT2D eigenvalue weighted by molar-refractivity contribution is 9.10. The molecule has 2 aromatic rings. The van der Waals surface area contributed by atoms with Gasteiger partial charge in [-0.3, -0.25) is 4.79 Å². The zero-order valence-corrected chi connectivity index (χ0v) is 13.9. The number of hydrogen-bond acceptors (Lipinski definition) is 3. The number of halogens is 1. The lowest BCUT2D eigenvalue weighted by molar-refractivity contribution is -0.111. The number of carbonyl (C=O) groups excluding carboxylic acids is 1. The van der Waals surface area contributed by atoms with Crippen LogP contribution in [0.3, 0.4) is 0 Å². The van der Waals surface area contributed by atoms with Crippen molar-refractivity contribution in [1.82, 2.24) is 0 Å². The molecule has 0 fully saturated rings. The monoisotopic (exact) mass is 361 g/mol. The summed E-state index contributed by atoms with van der Waals surface area (Å²) in [6.07, 6.45) is 3.18. The Morgan fingerprint density at radius 1 is 1.05 bits per heavy atom. The van der Waals surface area contributed by atoms with Gasteiger partial charge in [0.25, 0.3) is 0 Å². The summed E-state index contributed by atoms with van der Waals surface area (Å²) in [6, 6.07) is 12.8. The summed E-state index contributed by atoms with van der Waals surface area (Å²) in [5.74, 6) is 1.14. The molecular formula is C17H16BrNO3. The second-order valence-electron chi connectivity index (χ2n) is 4.48. The van der Waals surface area contributed by atoms with E-state index in [0.29, 0.717) is 11.5 Å². The lowest BCUT2D eigenvalue weighted by Gasteiger charge is -2.06. The van der Waals surface area contributed by atoms with Crippen molar-refractivity contribution < 1.29 is 14.3 Å². The maximum absolute atomic E-state index is 11.9. The smallest absolute Gasteiger partial charge is 0.248 e. The highest BCUT2D eigenvalue weighted by Crippen LogP contribution is 2.23. The zero-order valence-electron chi connectivity index (χ0n) is 12.3. The van der Waals surface area contributed by atoms with E-state index in [0.717, 1.165) is 15.7 Å². The molecule has 0 aliphatic carbocycles. The minimum absolute atomic E-state index is 0.205. The first kappa shape index (κ1) is 16.1. The lowest BCUT2D eigenvalue weighted by atomic mass is 10.2. The molecule has 0 unspecified atom stereocenters. The Hall–Kier alpha value is -2.27. The first-order valence-corrected chi connectivity index (χ1v) is 7.37. The molecule has 0 spiro atoms. The molecule has 0 bridgehead atoms. The lowest BCUT2D eigenvalue weighted by Crippen LogP contribution is -2.07. The van der Waals surface area contributed by atoms with E-state index in [1.165, 1.54) is 6.08 Å². The molecule has 1 amide bonds. The van der Waals surface area contributed by atoms with Crippen LogP contribution in [0.25, 0.3) is 6.08 Å². The number of methoxy groups -OCH3 is 2. The second kappa shape index (κ2) is 7.66. The minimum Gasteiger partial charge on any atom is -0.497 e. The highest BCUT2D eigenvalue weighted by Gasteiger charge is 2.01. The number of nitrogens with one attached hydrogen (secondary N) is 1. The molecule has 0 saturated heterocycles. The van der Waals surface area contributed by atoms with E-state index in [1.807, 2.05) is 36.4 Å². The van der Waals surface area contributed by atoms with Gasteiger partial charge in [-0.15, -0.1) is 0 Å². The highest BCUT2D eigenvalue weighted by atomic mass is 79.9. The van der Waals surface area contributed by atoms with Crippen LogP contribution in [0.4, 0.5) is 5.69 Å². The number of ether oxygens (including phenoxy) is 2. The quantitative estimate of drug-likeness (QED) is 0.814. The Balaban J connectivity index is 2.07. The first-order valence-electron chi connectivity index (χ1n) is 6.58. The number of hydrogen-bond donors (Lipinski definition) is 1. The fourth-order valence-electron chi connectivity index (χ4n) is 1.81. The molecule has 22 heavy (non-hydrogen) atoms. The fraction of sp³-hybridized carbons (Fsp3) is 0.118. The zero-order chi connectivity index (χ0) is 15.9. The van der Waals surface area contributed by atoms with Crippen LogP contribution in [0.1, 0.15) is 5.56 Å². The summed E-state index contributed by atoms with van der Waals surface area (Å²) in [5, 5.41) is 2.79. The summed E-state index contributed by atoms with van der Waals surface area (Å²) >= 11 is 3.35. The Kier molecular flexibility index (Phi) is 5.61. The normalized spacial score (nSPS) is 10.5. The summed E-state index contributed by atoms with van der Waals surface area (Å²) in [7, 11) is 3.17. The Labute approximate surface area is 137 Å². The van der Waals surface area contributed by atoms with Gasteiger partial charge in [0.05, 0.1) is 14.2 Å². The molecule has 114 valence electrons. The van der Waals surface area contributed by atoms with Gasteiger partial charge in [-0.1, -0.05) is 15.9 Å². The predicted octanol–water partition coefficient (Wildman–Crippen LogP) is 4.12. The summed E-state index contributed by atoms with van der Waals surface area (Å²) in [6.45, 7) is 0. The van der Waals surface area contributed by atoms with Gasteiger partial charge in [-0.05, 0) is 48.0 Å². The number of anilines is 1. The van der Waals surface area contributed by atoms with E-state index in [2.05, 4.69) is 21.2 Å². The van der Waals surface area contributed by atoms with Crippen LogP contribution >= 0.6 is 15.9 Å². The molecule has 4 nitrogen and oxygen atoms in total. The van der Waals surface area contributed by atoms with Gasteiger partial charge in [0.15, 0.2) is 0 Å². The molecule has 0 aliphatic heterocycles. The van der Waals surface area contributed by atoms with Crippen molar-refractivity contribution in [3.63, 3.8) is 0 Å². The number of benzene rings is 2. The molecule has 2 rings (SSSR count). The Bertz CT molecular complexity index is 659. The standard InChI is InChI=1S/C17H16BrNO3/c1-21-15-9-12(10-16(11-15)22-2)3-8-17(20)19-14-6-4-13(18)5-7-14/h3-11H,1-2H3,(H,19,20)/b8-3+. The molecule has 5 heteroatoms. The van der Waals surface area contributed by atoms with Crippen LogP contribution < -0.4 is 14.8 Å². The minimum atomic E-state index is -0.205. The third kappa shape index (κ3) is 4.63. The molecule has 0 atom stereocenters. The van der Waals surface area contributed by atoms with Crippen molar-refractivity contribution in [2.24, 2.45) is 0 Å². The van der Waals surface area contributed by atoms with Crippen LogP contribution in [0.2, 0.25) is 0 Å². The third-order valence-electron chi connectivity index (χ3n) is 2.91. The van der Waals surface area contributed by atoms with E-state index in [9.17, 15) is 4.79 Å². The van der Waals surface area contributed by atoms with Gasteiger partial charge in [-0.25, -0.2) is 0 Å². The largest absolute Gasteiger partial charge is 0.497 e. The SMILES string of the molecule is COc1cc(/C=C/C(=O)Nc2ccc(Br)cc2)cc(OC)c1. The van der Waals surface area contributed by atoms with Crippen molar-refractivity contribution >= 4 is 33.6 Å². The van der Waals surface area contributed by atoms with Crippen LogP contribution in [0.5, 0.6) is 11.5 Å². The number of carbonyl (C=O) groups is 1. The van der Waals surface area contributed by atoms with Crippen molar-refractivity contribution in [3.05, 3.63) is 58.6 Å². The Morgan fingerprint density at radius 3 is 2.18 bits per heavy atom. The molecule has 0 saturated carbocycles. The molecule has 0 aliphatic rings. The van der Waals surface area contributed by atoms with Crippen LogP contribution in [-0.4, -0.2) is 20.1 Å². The molecule has 0 heterocycles. The number of rotatable bonds is 5. The molecule has 2 aromatic carbocycles. The summed E-state index contributed by atoms with van der Waals surface area (Å²) in [4.78, 5) is 11.9. The average molecular weight is 362 g/mol. The van der Waals surface area contributed by atoms with Gasteiger partial charge in [0.1, 0.15) is 11.5 Å². The van der Waals surface area contributed by atoms with Crippen LogP contribution in [0.15, 0.2) is 53.0 Å². The maximum Gasteiger partial charge on any atom is 0.248 e. The van der Waals surface area contributed by atoms with Crippen LogP contribution in [-0.2, 0) is 4.79 Å². The van der Waals surface area contributed by atoms with E-state index in [-0.39, 0.29) is 5.91 Å². The molecule has 0 radical (unpaired) electrons. The van der Waals surface area contributed by atoms with E-state index >= 15 is 0 Å².